The molecule has 1 spiro atoms. The number of nitrogens with one attached hydrogen (secondary N) is 2. The average Bonchev–Trinajstić information content (AvgIpc) is 3.39. The third-order valence-corrected chi connectivity index (χ3v) is 6.96. The van der Waals surface area contributed by atoms with E-state index in [9.17, 15) is 0 Å². The number of aromatic nitrogens is 3. The molecule has 1 aromatic rings. The zero-order valence-corrected chi connectivity index (χ0v) is 19.7. The van der Waals surface area contributed by atoms with Crippen LogP contribution in [0, 0.1) is 18.3 Å². The molecule has 0 amide bonds. The first kappa shape index (κ1) is 21.8. The van der Waals surface area contributed by atoms with Crippen molar-refractivity contribution in [2.45, 2.75) is 77.5 Å². The van der Waals surface area contributed by atoms with E-state index in [4.69, 9.17) is 9.73 Å². The molecule has 158 valence electrons. The fourth-order valence-corrected chi connectivity index (χ4v) is 5.33. The molecule has 8 heteroatoms. The van der Waals surface area contributed by atoms with Gasteiger partial charge in [0.1, 0.15) is 12.4 Å². The summed E-state index contributed by atoms with van der Waals surface area (Å²) in [5.41, 5.74) is 0.329. The minimum Gasteiger partial charge on any atom is -0.377 e. The Bertz CT molecular complexity index is 684. The van der Waals surface area contributed by atoms with Gasteiger partial charge in [0, 0.05) is 37.6 Å². The first-order valence-electron chi connectivity index (χ1n) is 10.7. The lowest BCUT2D eigenvalue weighted by molar-refractivity contribution is -0.125. The number of nitrogens with zero attached hydrogens (tertiary/aromatic N) is 4. The summed E-state index contributed by atoms with van der Waals surface area (Å²) >= 11 is 0. The molecule has 3 aliphatic rings. The van der Waals surface area contributed by atoms with Crippen LogP contribution < -0.4 is 10.6 Å². The molecule has 3 unspecified atom stereocenters. The Labute approximate surface area is 185 Å². The van der Waals surface area contributed by atoms with Gasteiger partial charge in [0.15, 0.2) is 11.8 Å². The SMILES string of the molecule is CCCCNC(=NCc1nnc(C)n1C)NC1C2CCOC2C12CCCC2.I. The lowest BCUT2D eigenvalue weighted by Gasteiger charge is -2.57. The Morgan fingerprint density at radius 3 is 2.79 bits per heavy atom. The molecule has 1 aliphatic heterocycles. The predicted molar refractivity (Wildman–Crippen MR) is 121 cm³/mol. The molecular formula is C20H35IN6O. The number of fused-ring (bicyclic) bond motifs is 2. The second-order valence-corrected chi connectivity index (χ2v) is 8.47. The van der Waals surface area contributed by atoms with Gasteiger partial charge < -0.3 is 19.9 Å². The monoisotopic (exact) mass is 502 g/mol. The van der Waals surface area contributed by atoms with E-state index in [2.05, 4.69) is 27.8 Å². The number of rotatable bonds is 6. The van der Waals surface area contributed by atoms with Gasteiger partial charge in [-0.2, -0.15) is 0 Å². The van der Waals surface area contributed by atoms with Crippen LogP contribution >= 0.6 is 24.0 Å². The highest BCUT2D eigenvalue weighted by Crippen LogP contribution is 2.60. The minimum absolute atomic E-state index is 0. The van der Waals surface area contributed by atoms with Gasteiger partial charge in [-0.3, -0.25) is 0 Å². The summed E-state index contributed by atoms with van der Waals surface area (Å²) in [6.45, 7) is 6.60. The molecule has 2 aliphatic carbocycles. The molecule has 4 rings (SSSR count). The summed E-state index contributed by atoms with van der Waals surface area (Å²) in [4.78, 5) is 4.86. The molecule has 3 fully saturated rings. The van der Waals surface area contributed by atoms with Crippen molar-refractivity contribution in [2.75, 3.05) is 13.2 Å². The van der Waals surface area contributed by atoms with E-state index in [1.165, 1.54) is 38.5 Å². The fraction of sp³-hybridized carbons (Fsp3) is 0.850. The van der Waals surface area contributed by atoms with Gasteiger partial charge >= 0.3 is 0 Å². The van der Waals surface area contributed by atoms with Gasteiger partial charge in [0.2, 0.25) is 0 Å². The quantitative estimate of drug-likeness (QED) is 0.271. The van der Waals surface area contributed by atoms with E-state index in [1.807, 2.05) is 18.5 Å². The van der Waals surface area contributed by atoms with E-state index in [-0.39, 0.29) is 24.0 Å². The maximum atomic E-state index is 6.13. The summed E-state index contributed by atoms with van der Waals surface area (Å²) in [6.07, 6.45) is 9.21. The Balaban J connectivity index is 0.00000225. The fourth-order valence-electron chi connectivity index (χ4n) is 5.33. The standard InChI is InChI=1S/C20H34N6O.HI/c1-4-5-11-21-19(22-13-16-25-24-14(2)26(16)3)23-17-15-8-12-27-18(15)20(17)9-6-7-10-20;/h15,17-18H,4-13H2,1-3H3,(H2,21,22,23);1H. The van der Waals surface area contributed by atoms with Crippen molar-refractivity contribution in [1.29, 1.82) is 0 Å². The molecule has 1 aromatic heterocycles. The molecule has 7 nitrogen and oxygen atoms in total. The smallest absolute Gasteiger partial charge is 0.191 e. The third-order valence-electron chi connectivity index (χ3n) is 6.96. The second kappa shape index (κ2) is 9.28. The van der Waals surface area contributed by atoms with Gasteiger partial charge in [-0.25, -0.2) is 4.99 Å². The van der Waals surface area contributed by atoms with Crippen molar-refractivity contribution in [3.63, 3.8) is 0 Å². The molecule has 0 radical (unpaired) electrons. The van der Waals surface area contributed by atoms with E-state index >= 15 is 0 Å². The van der Waals surface area contributed by atoms with Crippen LogP contribution in [-0.2, 0) is 18.3 Å². The topological polar surface area (TPSA) is 76.4 Å². The molecular weight excluding hydrogens is 467 g/mol. The van der Waals surface area contributed by atoms with Gasteiger partial charge in [-0.1, -0.05) is 26.2 Å². The zero-order chi connectivity index (χ0) is 18.9. The molecule has 2 saturated carbocycles. The first-order valence-corrected chi connectivity index (χ1v) is 10.7. The van der Waals surface area contributed by atoms with E-state index in [0.29, 0.717) is 30.0 Å². The molecule has 2 N–H and O–H groups in total. The van der Waals surface area contributed by atoms with Gasteiger partial charge in [0.05, 0.1) is 6.10 Å². The molecule has 0 aromatic carbocycles. The van der Waals surface area contributed by atoms with Crippen molar-refractivity contribution < 1.29 is 4.74 Å². The lowest BCUT2D eigenvalue weighted by Crippen LogP contribution is -2.69. The van der Waals surface area contributed by atoms with Crippen LogP contribution in [0.15, 0.2) is 4.99 Å². The number of halogens is 1. The highest BCUT2D eigenvalue weighted by molar-refractivity contribution is 14.0. The summed E-state index contributed by atoms with van der Waals surface area (Å²) < 4.78 is 8.14. The first-order chi connectivity index (χ1) is 13.2. The van der Waals surface area contributed by atoms with E-state index < -0.39 is 0 Å². The molecule has 0 bridgehead atoms. The maximum absolute atomic E-state index is 6.13. The second-order valence-electron chi connectivity index (χ2n) is 8.47. The van der Waals surface area contributed by atoms with Crippen LogP contribution in [-0.4, -0.2) is 46.0 Å². The molecule has 2 heterocycles. The normalized spacial score (nSPS) is 28.0. The van der Waals surface area contributed by atoms with Crippen LogP contribution in [0.25, 0.3) is 0 Å². The number of unbranched alkanes of at least 4 members (excludes halogenated alkanes) is 1. The number of aliphatic imine (C=N–C) groups is 1. The summed E-state index contributed by atoms with van der Waals surface area (Å²) in [7, 11) is 2.00. The molecule has 3 atom stereocenters. The van der Waals surface area contributed by atoms with Crippen LogP contribution in [0.1, 0.15) is 63.5 Å². The highest BCUT2D eigenvalue weighted by Gasteiger charge is 2.65. The number of hydrogen-bond donors (Lipinski definition) is 2. The Hall–Kier alpha value is -0.900. The van der Waals surface area contributed by atoms with Crippen LogP contribution in [0.2, 0.25) is 0 Å². The van der Waals surface area contributed by atoms with E-state index in [0.717, 1.165) is 37.2 Å². The highest BCUT2D eigenvalue weighted by atomic mass is 127. The van der Waals surface area contributed by atoms with Crippen molar-refractivity contribution in [2.24, 2.45) is 23.4 Å². The average molecular weight is 502 g/mol. The third kappa shape index (κ3) is 3.91. The van der Waals surface area contributed by atoms with Gasteiger partial charge in [-0.05, 0) is 32.6 Å². The summed E-state index contributed by atoms with van der Waals surface area (Å²) in [5, 5.41) is 15.8. The van der Waals surface area contributed by atoms with Crippen LogP contribution in [0.5, 0.6) is 0 Å². The number of ether oxygens (including phenoxy) is 1. The largest absolute Gasteiger partial charge is 0.377 e. The Kier molecular flexibility index (Phi) is 7.22. The van der Waals surface area contributed by atoms with Crippen molar-refractivity contribution in [3.05, 3.63) is 11.6 Å². The van der Waals surface area contributed by atoms with Crippen molar-refractivity contribution in [3.8, 4) is 0 Å². The number of hydrogen-bond acceptors (Lipinski definition) is 4. The molecule has 1 saturated heterocycles. The van der Waals surface area contributed by atoms with E-state index in [1.54, 1.807) is 0 Å². The van der Waals surface area contributed by atoms with Crippen molar-refractivity contribution in [1.82, 2.24) is 25.4 Å². The Morgan fingerprint density at radius 2 is 2.11 bits per heavy atom. The molecule has 28 heavy (non-hydrogen) atoms. The lowest BCUT2D eigenvalue weighted by atomic mass is 9.54. The predicted octanol–water partition coefficient (Wildman–Crippen LogP) is 2.92. The minimum atomic E-state index is 0. The Morgan fingerprint density at radius 1 is 1.32 bits per heavy atom. The van der Waals surface area contributed by atoms with Crippen LogP contribution in [0.3, 0.4) is 0 Å². The van der Waals surface area contributed by atoms with Crippen molar-refractivity contribution >= 4 is 29.9 Å². The zero-order valence-electron chi connectivity index (χ0n) is 17.4. The summed E-state index contributed by atoms with van der Waals surface area (Å²) in [5.74, 6) is 3.38. The van der Waals surface area contributed by atoms with Gasteiger partial charge in [-0.15, -0.1) is 34.2 Å². The summed E-state index contributed by atoms with van der Waals surface area (Å²) in [6, 6.07) is 0.488. The van der Waals surface area contributed by atoms with Gasteiger partial charge in [0.25, 0.3) is 0 Å². The maximum Gasteiger partial charge on any atom is 0.191 e. The number of aryl methyl sites for hydroxylation is 1. The van der Waals surface area contributed by atoms with Crippen LogP contribution in [0.4, 0.5) is 0 Å². The number of guanidine groups is 1.